The van der Waals surface area contributed by atoms with E-state index in [1.165, 1.54) is 34.5 Å². The van der Waals surface area contributed by atoms with Crippen LogP contribution in [0.25, 0.3) is 0 Å². The summed E-state index contributed by atoms with van der Waals surface area (Å²) in [5.74, 6) is -1.86. The summed E-state index contributed by atoms with van der Waals surface area (Å²) in [5.41, 5.74) is 0.506. The second kappa shape index (κ2) is 22.8. The number of hydrogen-bond donors (Lipinski definition) is 0. The van der Waals surface area contributed by atoms with Crippen LogP contribution in [-0.4, -0.2) is 90.6 Å². The molecule has 5 atom stereocenters. The van der Waals surface area contributed by atoms with Crippen molar-refractivity contribution in [3.63, 3.8) is 0 Å². The van der Waals surface area contributed by atoms with Crippen LogP contribution < -0.4 is 4.74 Å². The zero-order chi connectivity index (χ0) is 37.9. The van der Waals surface area contributed by atoms with Crippen LogP contribution in [0.3, 0.4) is 0 Å². The molecule has 0 N–H and O–H groups in total. The summed E-state index contributed by atoms with van der Waals surface area (Å²) in [4.78, 5) is 26.2. The molecule has 1 fully saturated rings. The van der Waals surface area contributed by atoms with Crippen molar-refractivity contribution in [2.45, 2.75) is 122 Å². The topological polar surface area (TPSA) is 117 Å². The van der Waals surface area contributed by atoms with Gasteiger partial charge in [0.25, 0.3) is 0 Å². The second-order valence-electron chi connectivity index (χ2n) is 13.2. The molecule has 0 radical (unpaired) electrons. The molecule has 1 aliphatic rings. The largest absolute Gasteiger partial charge is 0.497 e. The van der Waals surface area contributed by atoms with Gasteiger partial charge in [-0.1, -0.05) is 51.5 Å². The van der Waals surface area contributed by atoms with Gasteiger partial charge in [-0.3, -0.25) is 4.79 Å². The third kappa shape index (κ3) is 13.5. The molecule has 1 saturated heterocycles. The molecule has 11 nitrogen and oxygen atoms in total. The Hall–Kier alpha value is -3.06. The number of benzene rings is 1. The van der Waals surface area contributed by atoms with Crippen molar-refractivity contribution in [1.29, 1.82) is 0 Å². The van der Waals surface area contributed by atoms with E-state index in [0.717, 1.165) is 37.0 Å². The lowest BCUT2D eigenvalue weighted by molar-refractivity contribution is -0.339. The number of carbonyl (C=O) groups is 2. The van der Waals surface area contributed by atoms with Crippen molar-refractivity contribution >= 4 is 11.9 Å². The highest BCUT2D eigenvalue weighted by Crippen LogP contribution is 2.49. The first-order valence-electron chi connectivity index (χ1n) is 17.9. The van der Waals surface area contributed by atoms with Crippen molar-refractivity contribution in [3.05, 3.63) is 66.3 Å². The summed E-state index contributed by atoms with van der Waals surface area (Å²) in [6.07, 6.45) is 8.74. The lowest BCUT2D eigenvalue weighted by atomic mass is 9.74. The number of carbonyl (C=O) groups excluding carboxylic acids is 2. The van der Waals surface area contributed by atoms with Gasteiger partial charge in [-0.25, -0.2) is 4.79 Å². The molecule has 0 saturated carbocycles. The van der Waals surface area contributed by atoms with E-state index >= 15 is 0 Å². The molecule has 0 spiro atoms. The Balaban J connectivity index is 2.60. The molecule has 0 amide bonds. The minimum atomic E-state index is -1.60. The smallest absolute Gasteiger partial charge is 0.330 e. The Morgan fingerprint density at radius 2 is 1.75 bits per heavy atom. The molecule has 0 unspecified atom stereocenters. The number of hydrogen-bond acceptors (Lipinski definition) is 11. The molecule has 0 aromatic heterocycles. The van der Waals surface area contributed by atoms with E-state index in [2.05, 4.69) is 13.5 Å². The maximum Gasteiger partial charge on any atom is 0.330 e. The molecule has 288 valence electrons. The monoisotopic (exact) mass is 718 g/mol. The minimum Gasteiger partial charge on any atom is -0.497 e. The Bertz CT molecular complexity index is 1240. The Labute approximate surface area is 305 Å². The molecule has 0 bridgehead atoms. The molecule has 1 aromatic carbocycles. The van der Waals surface area contributed by atoms with E-state index in [4.69, 9.17) is 42.6 Å². The van der Waals surface area contributed by atoms with E-state index in [-0.39, 0.29) is 18.9 Å². The first-order valence-corrected chi connectivity index (χ1v) is 17.9. The standard InChI is InChI=1S/C40H62O11/c1-11-13-15-16-17-35(41)50-38-31(26-36(42)44-7)25-33(51-40(38,47-10)39(4,5)23-22-37(45-8)46-9)27-34(29(3)48-24-14-12-2)49-28-30-18-20-32(43-6)21-19-30/h11,18-23,26,29,33-34,37-38H,1,12-17,24-25,27-28H2,2-10H3/b23-22+,31-26+/t29-,33+,34-,38+,40-/m1/s1. The van der Waals surface area contributed by atoms with Gasteiger partial charge < -0.3 is 42.6 Å². The van der Waals surface area contributed by atoms with Gasteiger partial charge in [-0.05, 0) is 68.4 Å². The lowest BCUT2D eigenvalue weighted by Crippen LogP contribution is -2.63. The van der Waals surface area contributed by atoms with Crippen LogP contribution in [0, 0.1) is 5.41 Å². The molecule has 11 heteroatoms. The van der Waals surface area contributed by atoms with E-state index in [1.54, 1.807) is 13.2 Å². The molecular formula is C40H62O11. The van der Waals surface area contributed by atoms with Gasteiger partial charge in [0.05, 0.1) is 39.1 Å². The number of esters is 2. The van der Waals surface area contributed by atoms with Gasteiger partial charge in [0.2, 0.25) is 5.79 Å². The zero-order valence-electron chi connectivity index (χ0n) is 32.3. The number of ether oxygens (including phenoxy) is 9. The Morgan fingerprint density at radius 1 is 1.04 bits per heavy atom. The quantitative estimate of drug-likeness (QED) is 0.0353. The summed E-state index contributed by atoms with van der Waals surface area (Å²) in [5, 5.41) is 0. The summed E-state index contributed by atoms with van der Waals surface area (Å²) >= 11 is 0. The van der Waals surface area contributed by atoms with Crippen LogP contribution in [-0.2, 0) is 54.1 Å². The van der Waals surface area contributed by atoms with Crippen LogP contribution >= 0.6 is 0 Å². The summed E-state index contributed by atoms with van der Waals surface area (Å²) in [7, 11) is 7.52. The van der Waals surface area contributed by atoms with Gasteiger partial charge in [-0.15, -0.1) is 6.58 Å². The number of rotatable bonds is 24. The predicted molar refractivity (Wildman–Crippen MR) is 195 cm³/mol. The Kier molecular flexibility index (Phi) is 19.7. The Morgan fingerprint density at radius 3 is 2.33 bits per heavy atom. The maximum atomic E-state index is 13.4. The first kappa shape index (κ1) is 44.1. The van der Waals surface area contributed by atoms with Crippen LogP contribution in [0.4, 0.5) is 0 Å². The second-order valence-corrected chi connectivity index (χ2v) is 13.2. The number of allylic oxidation sites excluding steroid dienone is 1. The van der Waals surface area contributed by atoms with Gasteiger partial charge in [0, 0.05) is 52.3 Å². The SMILES string of the molecule is C=CCCCCC(=O)O[C@H]1/C(=C/C(=O)OC)C[C@@H](C[C@@H](OCc2ccc(OC)cc2)[C@@H](C)OCCCC)O[C@@]1(OC)C(C)(C)/C=C/C(OC)OC. The predicted octanol–water partition coefficient (Wildman–Crippen LogP) is 7.27. The van der Waals surface area contributed by atoms with Crippen LogP contribution in [0.15, 0.2) is 60.7 Å². The first-order chi connectivity index (χ1) is 24.4. The highest BCUT2D eigenvalue weighted by molar-refractivity contribution is 5.83. The molecule has 1 heterocycles. The molecular weight excluding hydrogens is 656 g/mol. The maximum absolute atomic E-state index is 13.4. The number of unbranched alkanes of at least 4 members (excludes halogenated alkanes) is 3. The lowest BCUT2D eigenvalue weighted by Gasteiger charge is -2.53. The fraction of sp³-hybridized carbons (Fsp3) is 0.650. The van der Waals surface area contributed by atoms with Gasteiger partial charge in [0.15, 0.2) is 12.4 Å². The highest BCUT2D eigenvalue weighted by atomic mass is 16.7. The van der Waals surface area contributed by atoms with Crippen molar-refractivity contribution < 1.29 is 52.2 Å². The normalized spacial score (nSPS) is 21.5. The van der Waals surface area contributed by atoms with Crippen molar-refractivity contribution in [1.82, 2.24) is 0 Å². The van der Waals surface area contributed by atoms with Crippen molar-refractivity contribution in [2.24, 2.45) is 5.41 Å². The van der Waals surface area contributed by atoms with Gasteiger partial charge in [0.1, 0.15) is 5.75 Å². The summed E-state index contributed by atoms with van der Waals surface area (Å²) in [6, 6.07) is 7.71. The van der Waals surface area contributed by atoms with E-state index in [9.17, 15) is 9.59 Å². The summed E-state index contributed by atoms with van der Waals surface area (Å²) < 4.78 is 53.5. The molecule has 2 rings (SSSR count). The molecule has 0 aliphatic carbocycles. The molecule has 51 heavy (non-hydrogen) atoms. The van der Waals surface area contributed by atoms with E-state index < -0.39 is 47.7 Å². The molecule has 1 aliphatic heterocycles. The average molecular weight is 719 g/mol. The van der Waals surface area contributed by atoms with Crippen LogP contribution in [0.1, 0.15) is 84.6 Å². The van der Waals surface area contributed by atoms with E-state index in [0.29, 0.717) is 31.6 Å². The third-order valence-corrected chi connectivity index (χ3v) is 9.14. The van der Waals surface area contributed by atoms with Crippen LogP contribution in [0.5, 0.6) is 5.75 Å². The zero-order valence-corrected chi connectivity index (χ0v) is 32.3. The fourth-order valence-electron chi connectivity index (χ4n) is 6.04. The minimum absolute atomic E-state index is 0.179. The van der Waals surface area contributed by atoms with Gasteiger partial charge in [-0.2, -0.15) is 0 Å². The summed E-state index contributed by atoms with van der Waals surface area (Å²) in [6.45, 7) is 12.6. The fourth-order valence-corrected chi connectivity index (χ4v) is 6.04. The average Bonchev–Trinajstić information content (AvgIpc) is 3.13. The van der Waals surface area contributed by atoms with Gasteiger partial charge >= 0.3 is 11.9 Å². The van der Waals surface area contributed by atoms with Crippen LogP contribution in [0.2, 0.25) is 0 Å². The number of methoxy groups -OCH3 is 5. The van der Waals surface area contributed by atoms with E-state index in [1.807, 2.05) is 57.2 Å². The third-order valence-electron chi connectivity index (χ3n) is 9.14. The van der Waals surface area contributed by atoms with Crippen molar-refractivity contribution in [2.75, 3.05) is 42.2 Å². The highest BCUT2D eigenvalue weighted by Gasteiger charge is 2.59. The molecule has 1 aromatic rings. The van der Waals surface area contributed by atoms with Crippen molar-refractivity contribution in [3.8, 4) is 5.75 Å².